The van der Waals surface area contributed by atoms with Crippen LogP contribution in [0.15, 0.2) is 78.7 Å². The lowest BCUT2D eigenvalue weighted by Gasteiger charge is -2.39. The highest BCUT2D eigenvalue weighted by Crippen LogP contribution is 2.43. The molecule has 0 spiro atoms. The van der Waals surface area contributed by atoms with Crippen molar-refractivity contribution in [3.8, 4) is 5.69 Å². The van der Waals surface area contributed by atoms with Gasteiger partial charge in [0.1, 0.15) is 17.2 Å². The molecule has 41 heavy (non-hydrogen) atoms. The first-order valence-electron chi connectivity index (χ1n) is 12.4. The van der Waals surface area contributed by atoms with E-state index in [9.17, 15) is 18.4 Å². The first-order chi connectivity index (χ1) is 19.6. The molecule has 0 fully saturated rings. The summed E-state index contributed by atoms with van der Waals surface area (Å²) < 4.78 is 33.4. The Hall–Kier alpha value is -4.71. The quantitative estimate of drug-likeness (QED) is 0.295. The topological polar surface area (TPSA) is 115 Å². The highest BCUT2D eigenvalue weighted by molar-refractivity contribution is 6.30. The monoisotopic (exact) mass is 579 g/mol. The van der Waals surface area contributed by atoms with Crippen LogP contribution in [0.25, 0.3) is 16.7 Å². The molecule has 13 heteroatoms. The van der Waals surface area contributed by atoms with Gasteiger partial charge in [0.2, 0.25) is 5.91 Å². The molecule has 2 aromatic heterocycles. The van der Waals surface area contributed by atoms with E-state index in [0.717, 1.165) is 6.20 Å². The summed E-state index contributed by atoms with van der Waals surface area (Å²) in [6.07, 6.45) is 4.28. The predicted octanol–water partition coefficient (Wildman–Crippen LogP) is 5.32. The average molecular weight is 580 g/mol. The standard InChI is InChI=1S/C28H24ClF2N7O3/c1-4-22(27(40)34-17-6-7-19-20(12-17)33-10-9-32-19)37-15-24(41-3)28(2,13-25(37)39)18-11-16(29)5-8-23(18)38-14-21(26(30)31)35-36-38/h4-12,14-15,26H,13H2,1-3H3,(H,34,40)/b22-4+. The Morgan fingerprint density at radius 3 is 2.61 bits per heavy atom. The minimum absolute atomic E-state index is 0.0787. The lowest BCUT2D eigenvalue weighted by Crippen LogP contribution is -2.43. The SMILES string of the molecule is C/C=C(\C(=O)Nc1ccc2nccnc2c1)N1C=C(OC)C(C)(c2cc(Cl)ccc2-n2cc(C(F)F)nn2)CC1=O. The Morgan fingerprint density at radius 1 is 1.17 bits per heavy atom. The summed E-state index contributed by atoms with van der Waals surface area (Å²) in [6, 6.07) is 9.93. The number of benzene rings is 2. The van der Waals surface area contributed by atoms with Gasteiger partial charge in [0.15, 0.2) is 0 Å². The normalized spacial score (nSPS) is 17.6. The van der Waals surface area contributed by atoms with Gasteiger partial charge in [-0.3, -0.25) is 24.5 Å². The third-order valence-corrected chi connectivity index (χ3v) is 7.05. The number of aromatic nitrogens is 5. The van der Waals surface area contributed by atoms with E-state index >= 15 is 0 Å². The van der Waals surface area contributed by atoms with Crippen LogP contribution in [0.5, 0.6) is 0 Å². The zero-order chi connectivity index (χ0) is 29.3. The highest BCUT2D eigenvalue weighted by atomic mass is 35.5. The lowest BCUT2D eigenvalue weighted by atomic mass is 9.75. The molecule has 10 nitrogen and oxygen atoms in total. The Labute approximate surface area is 238 Å². The van der Waals surface area contributed by atoms with Gasteiger partial charge in [0, 0.05) is 29.5 Å². The third kappa shape index (κ3) is 5.25. The molecule has 2 amide bonds. The van der Waals surface area contributed by atoms with Gasteiger partial charge in [-0.05, 0) is 55.8 Å². The van der Waals surface area contributed by atoms with Crippen molar-refractivity contribution in [3.63, 3.8) is 0 Å². The van der Waals surface area contributed by atoms with Crippen molar-refractivity contribution in [1.29, 1.82) is 0 Å². The number of hydrogen-bond donors (Lipinski definition) is 1. The first-order valence-corrected chi connectivity index (χ1v) is 12.8. The number of methoxy groups -OCH3 is 1. The fourth-order valence-corrected chi connectivity index (χ4v) is 4.95. The van der Waals surface area contributed by atoms with Crippen LogP contribution in [0.4, 0.5) is 14.5 Å². The number of alkyl halides is 2. The number of carbonyl (C=O) groups is 2. The van der Waals surface area contributed by atoms with Gasteiger partial charge < -0.3 is 10.1 Å². The highest BCUT2D eigenvalue weighted by Gasteiger charge is 2.44. The Balaban J connectivity index is 1.49. The smallest absolute Gasteiger partial charge is 0.283 e. The van der Waals surface area contributed by atoms with Crippen molar-refractivity contribution >= 4 is 40.1 Å². The lowest BCUT2D eigenvalue weighted by molar-refractivity contribution is -0.131. The number of amides is 2. The van der Waals surface area contributed by atoms with E-state index in [4.69, 9.17) is 16.3 Å². The molecule has 3 heterocycles. The summed E-state index contributed by atoms with van der Waals surface area (Å²) in [6.45, 7) is 3.41. The summed E-state index contributed by atoms with van der Waals surface area (Å²) in [7, 11) is 1.44. The summed E-state index contributed by atoms with van der Waals surface area (Å²) in [5.41, 5.74) is 1.14. The van der Waals surface area contributed by atoms with Crippen LogP contribution in [-0.2, 0) is 19.7 Å². The first kappa shape index (κ1) is 27.8. The van der Waals surface area contributed by atoms with Gasteiger partial charge in [0.05, 0.1) is 41.6 Å². The summed E-state index contributed by atoms with van der Waals surface area (Å²) in [5.74, 6) is -0.591. The van der Waals surface area contributed by atoms with E-state index in [1.165, 1.54) is 29.0 Å². The molecule has 5 rings (SSSR count). The van der Waals surface area contributed by atoms with Gasteiger partial charge in [-0.2, -0.15) is 0 Å². The maximum atomic E-state index is 13.6. The minimum atomic E-state index is -2.80. The molecule has 0 radical (unpaired) electrons. The number of ether oxygens (including phenoxy) is 1. The van der Waals surface area contributed by atoms with E-state index in [-0.39, 0.29) is 12.1 Å². The van der Waals surface area contributed by atoms with E-state index in [1.807, 2.05) is 0 Å². The Bertz CT molecular complexity index is 1720. The van der Waals surface area contributed by atoms with Gasteiger partial charge in [-0.15, -0.1) is 5.10 Å². The van der Waals surface area contributed by atoms with Crippen LogP contribution in [0.2, 0.25) is 5.02 Å². The molecule has 2 aromatic carbocycles. The number of anilines is 1. The third-order valence-electron chi connectivity index (χ3n) is 6.81. The number of fused-ring (bicyclic) bond motifs is 1. The van der Waals surface area contributed by atoms with Crippen LogP contribution >= 0.6 is 11.6 Å². The zero-order valence-corrected chi connectivity index (χ0v) is 22.9. The predicted molar refractivity (Wildman–Crippen MR) is 147 cm³/mol. The van der Waals surface area contributed by atoms with Crippen LogP contribution in [0, 0.1) is 0 Å². The molecule has 1 aliphatic rings. The molecule has 1 unspecified atom stereocenters. The molecular weight excluding hydrogens is 556 g/mol. The number of rotatable bonds is 7. The number of hydrogen-bond acceptors (Lipinski definition) is 7. The molecule has 1 aliphatic heterocycles. The molecular formula is C28H24ClF2N7O3. The maximum absolute atomic E-state index is 13.6. The van der Waals surface area contributed by atoms with E-state index < -0.39 is 29.3 Å². The summed E-state index contributed by atoms with van der Waals surface area (Å²) in [5, 5.41) is 10.6. The largest absolute Gasteiger partial charge is 0.499 e. The van der Waals surface area contributed by atoms with Gasteiger partial charge in [0.25, 0.3) is 12.3 Å². The van der Waals surface area contributed by atoms with Crippen molar-refractivity contribution in [1.82, 2.24) is 29.9 Å². The number of allylic oxidation sites excluding steroid dienone is 2. The number of nitrogens with zero attached hydrogens (tertiary/aromatic N) is 6. The number of halogens is 3. The van der Waals surface area contributed by atoms with Crippen molar-refractivity contribution in [2.24, 2.45) is 0 Å². The number of carbonyl (C=O) groups excluding carboxylic acids is 2. The molecule has 0 saturated heterocycles. The fraction of sp³-hybridized carbons (Fsp3) is 0.214. The molecule has 0 aliphatic carbocycles. The Morgan fingerprint density at radius 2 is 1.93 bits per heavy atom. The van der Waals surface area contributed by atoms with Crippen LogP contribution < -0.4 is 5.32 Å². The number of nitrogens with one attached hydrogen (secondary N) is 1. The van der Waals surface area contributed by atoms with Gasteiger partial charge in [-0.25, -0.2) is 13.5 Å². The van der Waals surface area contributed by atoms with Crippen molar-refractivity contribution in [2.75, 3.05) is 12.4 Å². The van der Waals surface area contributed by atoms with Crippen molar-refractivity contribution in [2.45, 2.75) is 32.1 Å². The van der Waals surface area contributed by atoms with Crippen LogP contribution in [0.3, 0.4) is 0 Å². The summed E-state index contributed by atoms with van der Waals surface area (Å²) in [4.78, 5) is 36.6. The van der Waals surface area contributed by atoms with E-state index in [2.05, 4.69) is 25.6 Å². The Kier molecular flexibility index (Phi) is 7.50. The van der Waals surface area contributed by atoms with Crippen LogP contribution in [-0.4, -0.2) is 48.8 Å². The van der Waals surface area contributed by atoms with Crippen molar-refractivity contribution < 1.29 is 23.1 Å². The second kappa shape index (κ2) is 11.0. The maximum Gasteiger partial charge on any atom is 0.283 e. The minimum Gasteiger partial charge on any atom is -0.499 e. The van der Waals surface area contributed by atoms with E-state index in [0.29, 0.717) is 38.8 Å². The van der Waals surface area contributed by atoms with Crippen molar-refractivity contribution in [3.05, 3.63) is 95.0 Å². The fourth-order valence-electron chi connectivity index (χ4n) is 4.78. The second-order valence-corrected chi connectivity index (χ2v) is 9.84. The average Bonchev–Trinajstić information content (AvgIpc) is 3.45. The zero-order valence-electron chi connectivity index (χ0n) is 22.2. The molecule has 4 aromatic rings. The second-order valence-electron chi connectivity index (χ2n) is 9.41. The van der Waals surface area contributed by atoms with E-state index in [1.54, 1.807) is 62.6 Å². The van der Waals surface area contributed by atoms with Gasteiger partial charge in [-0.1, -0.05) is 22.9 Å². The van der Waals surface area contributed by atoms with Gasteiger partial charge >= 0.3 is 0 Å². The molecule has 0 saturated carbocycles. The molecule has 210 valence electrons. The molecule has 1 atom stereocenters. The summed E-state index contributed by atoms with van der Waals surface area (Å²) >= 11 is 6.33. The molecule has 0 bridgehead atoms. The van der Waals surface area contributed by atoms with Crippen LogP contribution in [0.1, 0.15) is 38.0 Å². The molecule has 1 N–H and O–H groups in total.